The van der Waals surface area contributed by atoms with Crippen LogP contribution in [0.15, 0.2) is 52.5 Å². The van der Waals surface area contributed by atoms with Gasteiger partial charge in [-0.2, -0.15) is 5.10 Å². The van der Waals surface area contributed by atoms with Crippen LogP contribution in [-0.4, -0.2) is 20.4 Å². The second kappa shape index (κ2) is 6.69. The van der Waals surface area contributed by atoms with E-state index in [1.54, 1.807) is 49.4 Å². The normalized spacial score (nSPS) is 12.3. The number of rotatable bonds is 4. The largest absolute Gasteiger partial charge is 0.278 e. The Kier molecular flexibility index (Phi) is 5.11. The lowest BCUT2D eigenvalue weighted by Gasteiger charge is -2.08. The lowest BCUT2D eigenvalue weighted by atomic mass is 10.1. The highest BCUT2D eigenvalue weighted by Gasteiger charge is 2.14. The fraction of sp³-hybridized carbons (Fsp3) is 0.133. The van der Waals surface area contributed by atoms with E-state index >= 15 is 0 Å². The molecule has 116 valence electrons. The molecular formula is C15H14Cl2N2O2S. The molecule has 0 saturated heterocycles. The summed E-state index contributed by atoms with van der Waals surface area (Å²) in [4.78, 5) is 0.238. The van der Waals surface area contributed by atoms with E-state index in [0.29, 0.717) is 27.0 Å². The van der Waals surface area contributed by atoms with Crippen molar-refractivity contribution in [1.82, 2.24) is 0 Å². The zero-order chi connectivity index (χ0) is 16.3. The van der Waals surface area contributed by atoms with Crippen molar-refractivity contribution in [3.05, 3.63) is 58.1 Å². The van der Waals surface area contributed by atoms with E-state index in [1.165, 1.54) is 6.26 Å². The molecule has 0 aliphatic rings. The Morgan fingerprint density at radius 3 is 2.27 bits per heavy atom. The van der Waals surface area contributed by atoms with Gasteiger partial charge < -0.3 is 0 Å². The highest BCUT2D eigenvalue weighted by Crippen LogP contribution is 2.23. The molecule has 0 unspecified atom stereocenters. The Bertz CT molecular complexity index is 813. The van der Waals surface area contributed by atoms with E-state index in [9.17, 15) is 8.42 Å². The van der Waals surface area contributed by atoms with Crippen LogP contribution >= 0.6 is 23.2 Å². The number of hydrogen-bond donors (Lipinski definition) is 1. The Balaban J connectivity index is 2.34. The minimum atomic E-state index is -3.33. The molecule has 0 amide bonds. The lowest BCUT2D eigenvalue weighted by molar-refractivity contribution is 0.601. The number of sulfone groups is 1. The molecule has 4 nitrogen and oxygen atoms in total. The van der Waals surface area contributed by atoms with Gasteiger partial charge in [0.15, 0.2) is 9.84 Å². The third-order valence-electron chi connectivity index (χ3n) is 2.89. The monoisotopic (exact) mass is 356 g/mol. The molecule has 2 aromatic carbocycles. The summed E-state index contributed by atoms with van der Waals surface area (Å²) < 4.78 is 23.6. The van der Waals surface area contributed by atoms with Gasteiger partial charge >= 0.3 is 0 Å². The zero-order valence-electron chi connectivity index (χ0n) is 12.0. The Labute approximate surface area is 139 Å². The number of hydrogen-bond acceptors (Lipinski definition) is 4. The molecule has 0 bridgehead atoms. The molecule has 0 radical (unpaired) electrons. The first-order valence-corrected chi connectivity index (χ1v) is 8.98. The number of nitrogens with zero attached hydrogens (tertiary/aromatic N) is 1. The van der Waals surface area contributed by atoms with Crippen molar-refractivity contribution in [2.75, 3.05) is 11.7 Å². The summed E-state index contributed by atoms with van der Waals surface area (Å²) in [6.45, 7) is 1.73. The predicted octanol–water partition coefficient (Wildman–Crippen LogP) is 4.23. The van der Waals surface area contributed by atoms with Crippen LogP contribution in [0.25, 0.3) is 0 Å². The summed E-state index contributed by atoms with van der Waals surface area (Å²) in [7, 11) is -3.33. The van der Waals surface area contributed by atoms with Crippen LogP contribution in [-0.2, 0) is 9.84 Å². The van der Waals surface area contributed by atoms with Crippen LogP contribution in [0.2, 0.25) is 10.0 Å². The van der Waals surface area contributed by atoms with Gasteiger partial charge in [-0.3, -0.25) is 5.43 Å². The van der Waals surface area contributed by atoms with Crippen molar-refractivity contribution < 1.29 is 8.42 Å². The van der Waals surface area contributed by atoms with Gasteiger partial charge in [0.25, 0.3) is 0 Å². The van der Waals surface area contributed by atoms with Crippen molar-refractivity contribution >= 4 is 44.4 Å². The quantitative estimate of drug-likeness (QED) is 0.658. The van der Waals surface area contributed by atoms with Crippen molar-refractivity contribution in [3.63, 3.8) is 0 Å². The van der Waals surface area contributed by atoms with Crippen molar-refractivity contribution in [1.29, 1.82) is 0 Å². The Hall–Kier alpha value is -1.56. The summed E-state index contributed by atoms with van der Waals surface area (Å²) in [6, 6.07) is 11.7. The number of anilines is 1. The molecule has 2 aromatic rings. The van der Waals surface area contributed by atoms with E-state index < -0.39 is 9.84 Å². The van der Waals surface area contributed by atoms with E-state index in [0.717, 1.165) is 0 Å². The van der Waals surface area contributed by atoms with Crippen molar-refractivity contribution in [2.45, 2.75) is 11.8 Å². The smallest absolute Gasteiger partial charge is 0.176 e. The topological polar surface area (TPSA) is 58.5 Å². The molecule has 0 fully saturated rings. The maximum atomic E-state index is 11.8. The van der Waals surface area contributed by atoms with Gasteiger partial charge in [-0.15, -0.1) is 0 Å². The zero-order valence-corrected chi connectivity index (χ0v) is 14.3. The molecule has 0 aliphatic carbocycles. The molecular weight excluding hydrogens is 343 g/mol. The highest BCUT2D eigenvalue weighted by molar-refractivity contribution is 7.90. The summed E-state index contributed by atoms with van der Waals surface area (Å²) in [6.07, 6.45) is 1.17. The highest BCUT2D eigenvalue weighted by atomic mass is 35.5. The first-order valence-electron chi connectivity index (χ1n) is 6.33. The maximum absolute atomic E-state index is 11.8. The maximum Gasteiger partial charge on any atom is 0.176 e. The van der Waals surface area contributed by atoms with Crippen LogP contribution in [0.4, 0.5) is 5.69 Å². The lowest BCUT2D eigenvalue weighted by Crippen LogP contribution is -2.08. The summed E-state index contributed by atoms with van der Waals surface area (Å²) >= 11 is 11.8. The van der Waals surface area contributed by atoms with Gasteiger partial charge in [0.2, 0.25) is 0 Å². The first kappa shape index (κ1) is 16.8. The third-order valence-corrected chi connectivity index (χ3v) is 4.48. The standard InChI is InChI=1S/C15H14Cl2N2O2S/c1-10(14-5-3-4-6-15(14)22(2,20)21)18-19-13-8-11(16)7-12(17)9-13/h3-9,19H,1-2H3/b18-10+. The van der Waals surface area contributed by atoms with E-state index in [4.69, 9.17) is 23.2 Å². The van der Waals surface area contributed by atoms with Crippen LogP contribution in [0.5, 0.6) is 0 Å². The SMILES string of the molecule is C/C(=N\Nc1cc(Cl)cc(Cl)c1)c1ccccc1S(C)(=O)=O. The van der Waals surface area contributed by atoms with Crippen LogP contribution in [0, 0.1) is 0 Å². The molecule has 0 heterocycles. The fourth-order valence-electron chi connectivity index (χ4n) is 1.92. The summed E-state index contributed by atoms with van der Waals surface area (Å²) in [5.41, 5.74) is 4.53. The third kappa shape index (κ3) is 4.22. The Morgan fingerprint density at radius 2 is 1.68 bits per heavy atom. The van der Waals surface area contributed by atoms with Gasteiger partial charge in [0.05, 0.1) is 16.3 Å². The summed E-state index contributed by atoms with van der Waals surface area (Å²) in [5, 5.41) is 5.18. The van der Waals surface area contributed by atoms with Gasteiger partial charge in [-0.25, -0.2) is 8.42 Å². The number of hydrazone groups is 1. The fourth-order valence-corrected chi connectivity index (χ4v) is 3.38. The van der Waals surface area contributed by atoms with Crippen LogP contribution < -0.4 is 5.43 Å². The molecule has 0 aromatic heterocycles. The number of benzene rings is 2. The average Bonchev–Trinajstić information content (AvgIpc) is 2.43. The molecule has 1 N–H and O–H groups in total. The van der Waals surface area contributed by atoms with Crippen LogP contribution in [0.3, 0.4) is 0 Å². The van der Waals surface area contributed by atoms with E-state index in [1.807, 2.05) is 0 Å². The molecule has 0 saturated carbocycles. The van der Waals surface area contributed by atoms with Gasteiger partial charge in [-0.05, 0) is 31.2 Å². The molecule has 2 rings (SSSR count). The second-order valence-corrected chi connectivity index (χ2v) is 7.59. The van der Waals surface area contributed by atoms with Crippen LogP contribution in [0.1, 0.15) is 12.5 Å². The first-order chi connectivity index (χ1) is 10.3. The summed E-state index contributed by atoms with van der Waals surface area (Å²) in [5.74, 6) is 0. The molecule has 0 spiro atoms. The minimum absolute atomic E-state index is 0.238. The van der Waals surface area contributed by atoms with Crippen molar-refractivity contribution in [3.8, 4) is 0 Å². The second-order valence-electron chi connectivity index (χ2n) is 4.74. The van der Waals surface area contributed by atoms with Gasteiger partial charge in [0, 0.05) is 21.9 Å². The number of halogens is 2. The molecule has 0 atom stereocenters. The van der Waals surface area contributed by atoms with Gasteiger partial charge in [-0.1, -0.05) is 41.4 Å². The van der Waals surface area contributed by atoms with Gasteiger partial charge in [0.1, 0.15) is 0 Å². The minimum Gasteiger partial charge on any atom is -0.278 e. The van der Waals surface area contributed by atoms with E-state index in [2.05, 4.69) is 10.5 Å². The van der Waals surface area contributed by atoms with Crippen molar-refractivity contribution in [2.24, 2.45) is 5.10 Å². The molecule has 22 heavy (non-hydrogen) atoms. The molecule has 7 heteroatoms. The molecule has 0 aliphatic heterocycles. The van der Waals surface area contributed by atoms with E-state index in [-0.39, 0.29) is 4.90 Å². The predicted molar refractivity (Wildman–Crippen MR) is 91.8 cm³/mol. The number of nitrogens with one attached hydrogen (secondary N) is 1. The average molecular weight is 357 g/mol. The Morgan fingerprint density at radius 1 is 1.09 bits per heavy atom.